The fourth-order valence-corrected chi connectivity index (χ4v) is 3.26. The van der Waals surface area contributed by atoms with Crippen LogP contribution in [0.5, 0.6) is 0 Å². The van der Waals surface area contributed by atoms with Gasteiger partial charge >= 0.3 is 0 Å². The van der Waals surface area contributed by atoms with Crippen molar-refractivity contribution in [3.63, 3.8) is 0 Å². The van der Waals surface area contributed by atoms with Crippen molar-refractivity contribution in [2.45, 2.75) is 19.1 Å². The van der Waals surface area contributed by atoms with Crippen LogP contribution in [0.2, 0.25) is 10.0 Å². The third-order valence-corrected chi connectivity index (χ3v) is 4.68. The van der Waals surface area contributed by atoms with Gasteiger partial charge in [-0.2, -0.15) is 0 Å². The third kappa shape index (κ3) is 3.98. The van der Waals surface area contributed by atoms with Crippen LogP contribution in [0.1, 0.15) is 28.3 Å². The Hall–Kier alpha value is -1.07. The number of benzene rings is 1. The molecule has 21 heavy (non-hydrogen) atoms. The van der Waals surface area contributed by atoms with Crippen molar-refractivity contribution in [2.75, 3.05) is 7.11 Å². The van der Waals surface area contributed by atoms with E-state index in [1.54, 1.807) is 30.7 Å². The van der Waals surface area contributed by atoms with Gasteiger partial charge in [0.15, 0.2) is 0 Å². The summed E-state index contributed by atoms with van der Waals surface area (Å²) in [5.41, 5.74) is 0.951. The molecule has 6 heteroatoms. The van der Waals surface area contributed by atoms with Gasteiger partial charge in [0.25, 0.3) is 5.91 Å². The van der Waals surface area contributed by atoms with E-state index >= 15 is 0 Å². The average molecular weight is 344 g/mol. The van der Waals surface area contributed by atoms with Gasteiger partial charge in [0.05, 0.1) is 11.1 Å². The maximum atomic E-state index is 12.2. The van der Waals surface area contributed by atoms with Crippen LogP contribution in [0.15, 0.2) is 35.7 Å². The lowest BCUT2D eigenvalue weighted by Crippen LogP contribution is -2.37. The maximum absolute atomic E-state index is 12.2. The van der Waals surface area contributed by atoms with Gasteiger partial charge in [0.1, 0.15) is 11.0 Å². The Kier molecular flexibility index (Phi) is 5.65. The largest absolute Gasteiger partial charge is 0.375 e. The first-order chi connectivity index (χ1) is 10.0. The van der Waals surface area contributed by atoms with E-state index in [9.17, 15) is 4.79 Å². The summed E-state index contributed by atoms with van der Waals surface area (Å²) in [6, 6.07) is 8.87. The van der Waals surface area contributed by atoms with E-state index in [1.807, 2.05) is 19.1 Å². The Labute approximate surface area is 137 Å². The van der Waals surface area contributed by atoms with Crippen molar-refractivity contribution >= 4 is 40.4 Å². The van der Waals surface area contributed by atoms with Crippen LogP contribution in [0.3, 0.4) is 0 Å². The van der Waals surface area contributed by atoms with E-state index in [2.05, 4.69) is 5.32 Å². The van der Waals surface area contributed by atoms with Crippen LogP contribution in [0.4, 0.5) is 0 Å². The van der Waals surface area contributed by atoms with Crippen LogP contribution < -0.4 is 5.32 Å². The fourth-order valence-electron chi connectivity index (χ4n) is 2.09. The normalized spacial score (nSPS) is 13.7. The van der Waals surface area contributed by atoms with Gasteiger partial charge in [-0.25, -0.2) is 0 Å². The van der Waals surface area contributed by atoms with Crippen molar-refractivity contribution in [3.8, 4) is 0 Å². The summed E-state index contributed by atoms with van der Waals surface area (Å²) in [6.45, 7) is 1.89. The molecule has 2 rings (SSSR count). The highest BCUT2D eigenvalue weighted by atomic mass is 35.5. The number of hydrogen-bond acceptors (Lipinski definition) is 3. The minimum Gasteiger partial charge on any atom is -0.375 e. The smallest absolute Gasteiger partial charge is 0.263 e. The van der Waals surface area contributed by atoms with Gasteiger partial charge in [-0.1, -0.05) is 35.3 Å². The number of amides is 1. The van der Waals surface area contributed by atoms with Gasteiger partial charge in [-0.05, 0) is 36.1 Å². The number of halogens is 2. The molecule has 0 unspecified atom stereocenters. The number of carbonyl (C=O) groups excluding carboxylic acids is 1. The molecule has 2 atom stereocenters. The maximum Gasteiger partial charge on any atom is 0.263 e. The Morgan fingerprint density at radius 2 is 1.90 bits per heavy atom. The first-order valence-electron chi connectivity index (χ1n) is 6.35. The molecule has 0 saturated carbocycles. The second-order valence-electron chi connectivity index (χ2n) is 4.57. The van der Waals surface area contributed by atoms with E-state index < -0.39 is 0 Å². The lowest BCUT2D eigenvalue weighted by Gasteiger charge is -2.24. The number of methoxy groups -OCH3 is 1. The first-order valence-corrected chi connectivity index (χ1v) is 7.98. The quantitative estimate of drug-likeness (QED) is 0.863. The molecule has 0 aliphatic heterocycles. The van der Waals surface area contributed by atoms with Crippen molar-refractivity contribution in [1.82, 2.24) is 5.32 Å². The minimum absolute atomic E-state index is 0.196. The second kappa shape index (κ2) is 7.27. The molecule has 0 aliphatic rings. The Balaban J connectivity index is 2.10. The van der Waals surface area contributed by atoms with Crippen molar-refractivity contribution in [3.05, 3.63) is 56.2 Å². The molecule has 1 aromatic heterocycles. The van der Waals surface area contributed by atoms with E-state index in [-0.39, 0.29) is 18.1 Å². The number of hydrogen-bond donors (Lipinski definition) is 1. The van der Waals surface area contributed by atoms with Gasteiger partial charge < -0.3 is 10.1 Å². The standard InChI is InChI=1S/C15H15Cl2NO2S/c1-9(18-15(19)14-12(17)7-8-21-14)13(20-2)10-3-5-11(16)6-4-10/h3-9,13H,1-2H3,(H,18,19)/t9-,13-/m1/s1. The summed E-state index contributed by atoms with van der Waals surface area (Å²) < 4.78 is 5.50. The summed E-state index contributed by atoms with van der Waals surface area (Å²) >= 11 is 13.2. The molecule has 112 valence electrons. The molecule has 2 aromatic rings. The number of thiophene rings is 1. The van der Waals surface area contributed by atoms with E-state index in [1.165, 1.54) is 11.3 Å². The SMILES string of the molecule is CO[C@@H](c1ccc(Cl)cc1)[C@@H](C)NC(=O)c1sccc1Cl. The molecule has 0 radical (unpaired) electrons. The zero-order chi connectivity index (χ0) is 15.4. The number of carbonyl (C=O) groups is 1. The van der Waals surface area contributed by atoms with Crippen LogP contribution >= 0.6 is 34.5 Å². The lowest BCUT2D eigenvalue weighted by molar-refractivity contribution is 0.0647. The lowest BCUT2D eigenvalue weighted by atomic mass is 10.0. The molecule has 1 heterocycles. The summed E-state index contributed by atoms with van der Waals surface area (Å²) in [4.78, 5) is 12.7. The number of nitrogens with one attached hydrogen (secondary N) is 1. The van der Waals surface area contributed by atoms with Crippen LogP contribution in [0.25, 0.3) is 0 Å². The topological polar surface area (TPSA) is 38.3 Å². The summed E-state index contributed by atoms with van der Waals surface area (Å²) in [7, 11) is 1.61. The van der Waals surface area contributed by atoms with Gasteiger partial charge in [-0.15, -0.1) is 11.3 Å². The molecule has 1 aromatic carbocycles. The van der Waals surface area contributed by atoms with E-state index in [0.717, 1.165) is 5.56 Å². The Morgan fingerprint density at radius 3 is 2.43 bits per heavy atom. The molecule has 0 fully saturated rings. The summed E-state index contributed by atoms with van der Waals surface area (Å²) in [5.74, 6) is -0.196. The first kappa shape index (κ1) is 16.3. The third-order valence-electron chi connectivity index (χ3n) is 3.09. The van der Waals surface area contributed by atoms with Crippen molar-refractivity contribution < 1.29 is 9.53 Å². The molecule has 3 nitrogen and oxygen atoms in total. The summed E-state index contributed by atoms with van der Waals surface area (Å²) in [6.07, 6.45) is -0.259. The highest BCUT2D eigenvalue weighted by Crippen LogP contribution is 2.25. The van der Waals surface area contributed by atoms with Gasteiger partial charge in [0, 0.05) is 12.1 Å². The predicted octanol–water partition coefficient (Wildman–Crippen LogP) is 4.56. The average Bonchev–Trinajstić information content (AvgIpc) is 2.88. The second-order valence-corrected chi connectivity index (χ2v) is 6.33. The van der Waals surface area contributed by atoms with Gasteiger partial charge in [0.2, 0.25) is 0 Å². The molecule has 0 aliphatic carbocycles. The molecular weight excluding hydrogens is 329 g/mol. The molecular formula is C15H15Cl2NO2S. The van der Waals surface area contributed by atoms with E-state index in [0.29, 0.717) is 14.9 Å². The van der Waals surface area contributed by atoms with E-state index in [4.69, 9.17) is 27.9 Å². The molecule has 0 bridgehead atoms. The van der Waals surface area contributed by atoms with Gasteiger partial charge in [-0.3, -0.25) is 4.79 Å². The molecule has 1 N–H and O–H groups in total. The highest BCUT2D eigenvalue weighted by Gasteiger charge is 2.22. The predicted molar refractivity (Wildman–Crippen MR) is 87.5 cm³/mol. The van der Waals surface area contributed by atoms with Crippen LogP contribution in [0, 0.1) is 0 Å². The molecule has 0 spiro atoms. The number of rotatable bonds is 5. The Morgan fingerprint density at radius 1 is 1.24 bits per heavy atom. The van der Waals surface area contributed by atoms with Crippen LogP contribution in [-0.2, 0) is 4.74 Å². The van der Waals surface area contributed by atoms with Crippen molar-refractivity contribution in [1.29, 1.82) is 0 Å². The Bertz CT molecular complexity index is 612. The molecule has 1 amide bonds. The highest BCUT2D eigenvalue weighted by molar-refractivity contribution is 7.12. The minimum atomic E-state index is -0.259. The van der Waals surface area contributed by atoms with Crippen molar-refractivity contribution in [2.24, 2.45) is 0 Å². The molecule has 0 saturated heterocycles. The summed E-state index contributed by atoms with van der Waals surface area (Å²) in [5, 5.41) is 5.83. The number of ether oxygens (including phenoxy) is 1. The zero-order valence-electron chi connectivity index (χ0n) is 11.6. The van der Waals surface area contributed by atoms with Crippen LogP contribution in [-0.4, -0.2) is 19.1 Å². The fraction of sp³-hybridized carbons (Fsp3) is 0.267. The monoisotopic (exact) mass is 343 g/mol. The zero-order valence-corrected chi connectivity index (χ0v) is 13.9.